The van der Waals surface area contributed by atoms with E-state index in [1.54, 1.807) is 5.43 Å². The van der Waals surface area contributed by atoms with Crippen LogP contribution in [0.15, 0.2) is 12.1 Å². The third kappa shape index (κ3) is 2.93. The molecule has 3 N–H and O–H groups in total. The summed E-state index contributed by atoms with van der Waals surface area (Å²) in [6, 6.07) is 1.38. The van der Waals surface area contributed by atoms with Crippen LogP contribution in [0.4, 0.5) is 27.8 Å². The van der Waals surface area contributed by atoms with Crippen molar-refractivity contribution in [2.45, 2.75) is 37.0 Å². The number of aliphatic hydroxyl groups is 1. The molecule has 1 fully saturated rings. The number of hydrogen-bond acceptors (Lipinski definition) is 5. The molecule has 1 amide bonds. The summed E-state index contributed by atoms with van der Waals surface area (Å²) in [6.45, 7) is 0. The zero-order valence-electron chi connectivity index (χ0n) is 10.9. The molecule has 0 radical (unpaired) electrons. The average molecular weight is 326 g/mol. The van der Waals surface area contributed by atoms with Gasteiger partial charge in [0.1, 0.15) is 5.60 Å². The number of carbonyl (C=O) groups is 1. The second-order valence-corrected chi connectivity index (χ2v) is 4.84. The number of nitrogens with zero attached hydrogens (tertiary/aromatic N) is 2. The van der Waals surface area contributed by atoms with Gasteiger partial charge >= 0.3 is 18.0 Å². The fourth-order valence-electron chi connectivity index (χ4n) is 1.79. The Bertz CT molecular complexity index is 557. The van der Waals surface area contributed by atoms with E-state index in [1.807, 2.05) is 5.43 Å². The van der Waals surface area contributed by atoms with Crippen LogP contribution in [0.25, 0.3) is 0 Å². The summed E-state index contributed by atoms with van der Waals surface area (Å²) in [4.78, 5) is 11.4. The molecular formula is C11H11F5N4O2. The average Bonchev–Trinajstić information content (AvgIpc) is 2.41. The Hall–Kier alpha value is -2.04. The zero-order valence-corrected chi connectivity index (χ0v) is 10.9. The summed E-state index contributed by atoms with van der Waals surface area (Å²) in [5.74, 6) is -6.20. The Morgan fingerprint density at radius 2 is 1.82 bits per heavy atom. The van der Waals surface area contributed by atoms with Crippen LogP contribution < -0.4 is 10.9 Å². The summed E-state index contributed by atoms with van der Waals surface area (Å²) >= 11 is 0. The van der Waals surface area contributed by atoms with Crippen molar-refractivity contribution in [3.8, 4) is 0 Å². The second kappa shape index (κ2) is 5.30. The smallest absolute Gasteiger partial charge is 0.383 e. The van der Waals surface area contributed by atoms with Crippen molar-refractivity contribution < 1.29 is 31.9 Å². The molecule has 0 unspecified atom stereocenters. The second-order valence-electron chi connectivity index (χ2n) is 4.84. The Kier molecular flexibility index (Phi) is 3.94. The minimum absolute atomic E-state index is 0.215. The first-order chi connectivity index (χ1) is 10.1. The van der Waals surface area contributed by atoms with E-state index in [9.17, 15) is 31.9 Å². The quantitative estimate of drug-likeness (QED) is 0.576. The highest BCUT2D eigenvalue weighted by Gasteiger charge is 2.61. The fourth-order valence-corrected chi connectivity index (χ4v) is 1.79. The SMILES string of the molecule is O=C(NNc1ccc(C(F)(F)F)nn1)C(F)(F)C1(O)CCC1. The molecular weight excluding hydrogens is 315 g/mol. The topological polar surface area (TPSA) is 87.1 Å². The fraction of sp³-hybridized carbons (Fsp3) is 0.545. The van der Waals surface area contributed by atoms with Gasteiger partial charge in [-0.15, -0.1) is 10.2 Å². The Morgan fingerprint density at radius 1 is 1.18 bits per heavy atom. The van der Waals surface area contributed by atoms with Gasteiger partial charge < -0.3 is 5.11 Å². The Morgan fingerprint density at radius 3 is 2.23 bits per heavy atom. The molecule has 0 spiro atoms. The summed E-state index contributed by atoms with van der Waals surface area (Å²) in [6.07, 6.45) is -4.74. The highest BCUT2D eigenvalue weighted by molar-refractivity contribution is 5.85. The number of hydrazine groups is 1. The van der Waals surface area contributed by atoms with Crippen molar-refractivity contribution in [1.82, 2.24) is 15.6 Å². The molecule has 0 bridgehead atoms. The van der Waals surface area contributed by atoms with Crippen LogP contribution >= 0.6 is 0 Å². The van der Waals surface area contributed by atoms with E-state index in [-0.39, 0.29) is 18.7 Å². The lowest BCUT2D eigenvalue weighted by Crippen LogP contribution is -2.61. The van der Waals surface area contributed by atoms with Crippen molar-refractivity contribution in [3.05, 3.63) is 17.8 Å². The number of rotatable bonds is 4. The van der Waals surface area contributed by atoms with Gasteiger partial charge in [-0.2, -0.15) is 22.0 Å². The summed E-state index contributed by atoms with van der Waals surface area (Å²) in [7, 11) is 0. The van der Waals surface area contributed by atoms with Crippen molar-refractivity contribution in [2.75, 3.05) is 5.43 Å². The number of halogens is 5. The number of alkyl halides is 5. The Labute approximate surface area is 120 Å². The lowest BCUT2D eigenvalue weighted by molar-refractivity contribution is -0.215. The molecule has 0 saturated heterocycles. The molecule has 0 atom stereocenters. The third-order valence-corrected chi connectivity index (χ3v) is 3.31. The van der Waals surface area contributed by atoms with Crippen LogP contribution in [0.1, 0.15) is 25.0 Å². The summed E-state index contributed by atoms with van der Waals surface area (Å²) in [5.41, 5.74) is -0.157. The number of anilines is 1. The van der Waals surface area contributed by atoms with E-state index in [0.29, 0.717) is 12.5 Å². The number of nitrogens with one attached hydrogen (secondary N) is 2. The van der Waals surface area contributed by atoms with Gasteiger partial charge in [-0.25, -0.2) is 0 Å². The maximum Gasteiger partial charge on any atom is 0.435 e. The van der Waals surface area contributed by atoms with E-state index < -0.39 is 29.3 Å². The largest absolute Gasteiger partial charge is 0.435 e. The standard InChI is InChI=1S/C11H11F5N4O2/c12-10(13,9(22)4-1-5-9)8(21)20-19-7-3-2-6(17-18-7)11(14,15)16/h2-3,22H,1,4-5H2,(H,18,19)(H,20,21). The first-order valence-electron chi connectivity index (χ1n) is 6.14. The number of hydrogen-bond donors (Lipinski definition) is 3. The number of carbonyl (C=O) groups excluding carboxylic acids is 1. The van der Waals surface area contributed by atoms with Crippen LogP contribution in [-0.2, 0) is 11.0 Å². The Balaban J connectivity index is 1.96. The first kappa shape index (κ1) is 16.3. The molecule has 1 saturated carbocycles. The highest BCUT2D eigenvalue weighted by atomic mass is 19.4. The molecule has 1 aromatic rings. The van der Waals surface area contributed by atoms with Gasteiger partial charge in [-0.05, 0) is 31.4 Å². The minimum atomic E-state index is -4.69. The van der Waals surface area contributed by atoms with Crippen molar-refractivity contribution in [2.24, 2.45) is 0 Å². The van der Waals surface area contributed by atoms with Crippen molar-refractivity contribution in [1.29, 1.82) is 0 Å². The predicted octanol–water partition coefficient (Wildman–Crippen LogP) is 1.49. The van der Waals surface area contributed by atoms with Gasteiger partial charge in [-0.3, -0.25) is 15.6 Å². The van der Waals surface area contributed by atoms with Gasteiger partial charge in [0.2, 0.25) is 0 Å². The first-order valence-corrected chi connectivity index (χ1v) is 6.14. The van der Waals surface area contributed by atoms with E-state index >= 15 is 0 Å². The summed E-state index contributed by atoms with van der Waals surface area (Å²) < 4.78 is 64.1. The third-order valence-electron chi connectivity index (χ3n) is 3.31. The molecule has 1 aliphatic rings. The van der Waals surface area contributed by atoms with E-state index in [0.717, 1.165) is 6.07 Å². The molecule has 122 valence electrons. The predicted molar refractivity (Wildman–Crippen MR) is 62.5 cm³/mol. The van der Waals surface area contributed by atoms with Crippen LogP contribution in [0.2, 0.25) is 0 Å². The van der Waals surface area contributed by atoms with Gasteiger partial charge in [0.15, 0.2) is 11.5 Å². The summed E-state index contributed by atoms with van der Waals surface area (Å²) in [5, 5.41) is 15.5. The lowest BCUT2D eigenvalue weighted by Gasteiger charge is -2.41. The van der Waals surface area contributed by atoms with E-state index in [2.05, 4.69) is 10.2 Å². The normalized spacial score (nSPS) is 17.5. The van der Waals surface area contributed by atoms with E-state index in [1.165, 1.54) is 0 Å². The molecule has 6 nitrogen and oxygen atoms in total. The zero-order chi connectivity index (χ0) is 16.6. The maximum absolute atomic E-state index is 13.7. The monoisotopic (exact) mass is 326 g/mol. The minimum Gasteiger partial charge on any atom is -0.383 e. The van der Waals surface area contributed by atoms with Crippen molar-refractivity contribution >= 4 is 11.7 Å². The van der Waals surface area contributed by atoms with E-state index in [4.69, 9.17) is 0 Å². The van der Waals surface area contributed by atoms with Crippen molar-refractivity contribution in [3.63, 3.8) is 0 Å². The molecule has 0 aromatic carbocycles. The van der Waals surface area contributed by atoms with Crippen LogP contribution in [0.3, 0.4) is 0 Å². The maximum atomic E-state index is 13.7. The molecule has 1 heterocycles. The lowest BCUT2D eigenvalue weighted by atomic mass is 9.75. The van der Waals surface area contributed by atoms with Gasteiger partial charge in [-0.1, -0.05) is 0 Å². The molecule has 2 rings (SSSR count). The molecule has 11 heteroatoms. The van der Waals surface area contributed by atoms with Gasteiger partial charge in [0.05, 0.1) is 0 Å². The number of amides is 1. The molecule has 1 aromatic heterocycles. The highest BCUT2D eigenvalue weighted by Crippen LogP contribution is 2.44. The molecule has 22 heavy (non-hydrogen) atoms. The molecule has 0 aliphatic heterocycles. The van der Waals surface area contributed by atoms with Gasteiger partial charge in [0.25, 0.3) is 0 Å². The number of aromatic nitrogens is 2. The van der Waals surface area contributed by atoms with Crippen LogP contribution in [0, 0.1) is 0 Å². The van der Waals surface area contributed by atoms with Crippen LogP contribution in [-0.4, -0.2) is 32.7 Å². The molecule has 1 aliphatic carbocycles. The van der Waals surface area contributed by atoms with Gasteiger partial charge in [0, 0.05) is 0 Å². The van der Waals surface area contributed by atoms with Crippen LogP contribution in [0.5, 0.6) is 0 Å².